The Balaban J connectivity index is 1.59. The number of alkyl halides is 3. The molecule has 4 heterocycles. The minimum absolute atomic E-state index is 0.128. The number of thioether (sulfide) groups is 1. The monoisotopic (exact) mass is 417 g/mol. The lowest BCUT2D eigenvalue weighted by Gasteiger charge is -2.08. The second kappa shape index (κ2) is 6.56. The van der Waals surface area contributed by atoms with Crippen LogP contribution in [-0.2, 0) is 11.9 Å². The Morgan fingerprint density at radius 2 is 2.15 bits per heavy atom. The van der Waals surface area contributed by atoms with Crippen LogP contribution in [0.4, 0.5) is 13.2 Å². The summed E-state index contributed by atoms with van der Waals surface area (Å²) in [7, 11) is 0. The minimum atomic E-state index is -4.52. The van der Waals surface area contributed by atoms with Crippen LogP contribution in [0.25, 0.3) is 17.0 Å². The third kappa shape index (κ3) is 3.29. The normalized spacial score (nSPS) is 12.2. The molecule has 0 radical (unpaired) electrons. The van der Waals surface area contributed by atoms with E-state index in [1.165, 1.54) is 15.7 Å². The summed E-state index contributed by atoms with van der Waals surface area (Å²) in [6.45, 7) is 0. The van der Waals surface area contributed by atoms with E-state index in [0.717, 1.165) is 29.6 Å². The molecular weight excluding hydrogens is 411 g/mol. The molecule has 0 aliphatic heterocycles. The number of nitrogens with zero attached hydrogens (tertiary/aromatic N) is 5. The van der Waals surface area contributed by atoms with Gasteiger partial charge in [0.25, 0.3) is 0 Å². The zero-order valence-corrected chi connectivity index (χ0v) is 15.0. The molecule has 0 amide bonds. The van der Waals surface area contributed by atoms with Crippen LogP contribution < -0.4 is 0 Å². The first-order valence-corrected chi connectivity index (χ1v) is 9.32. The number of hydrogen-bond donors (Lipinski definition) is 0. The van der Waals surface area contributed by atoms with E-state index in [4.69, 9.17) is 16.1 Å². The van der Waals surface area contributed by atoms with Crippen LogP contribution in [0.3, 0.4) is 0 Å². The van der Waals surface area contributed by atoms with Gasteiger partial charge < -0.3 is 4.52 Å². The molecule has 4 rings (SSSR count). The highest BCUT2D eigenvalue weighted by Crippen LogP contribution is 2.33. The zero-order valence-electron chi connectivity index (χ0n) is 12.6. The molecule has 0 aliphatic rings. The fraction of sp³-hybridized carbons (Fsp3) is 0.143. The summed E-state index contributed by atoms with van der Waals surface area (Å²) < 4.78 is 45.3. The Morgan fingerprint density at radius 3 is 2.88 bits per heavy atom. The van der Waals surface area contributed by atoms with Crippen LogP contribution in [0, 0.1) is 0 Å². The van der Waals surface area contributed by atoms with E-state index in [0.29, 0.717) is 11.7 Å². The maximum Gasteiger partial charge on any atom is 0.417 e. The summed E-state index contributed by atoms with van der Waals surface area (Å²) in [6.07, 6.45) is -3.61. The standard InChI is InChI=1S/C14H7ClF3N5OS2/c15-9-3-8(14(16,17)18)4-23-12(9)20-21-13(23)26-6-10-19-11(22-24-10)7-1-2-25-5-7/h1-5H,6H2. The molecule has 0 N–H and O–H groups in total. The lowest BCUT2D eigenvalue weighted by atomic mass is 10.3. The highest BCUT2D eigenvalue weighted by molar-refractivity contribution is 7.98. The Bertz CT molecular complexity index is 1060. The Morgan fingerprint density at radius 1 is 1.31 bits per heavy atom. The predicted molar refractivity (Wildman–Crippen MR) is 90.2 cm³/mol. The van der Waals surface area contributed by atoms with Crippen LogP contribution in [0.1, 0.15) is 11.5 Å². The van der Waals surface area contributed by atoms with Crippen LogP contribution in [0.2, 0.25) is 5.02 Å². The van der Waals surface area contributed by atoms with Crippen molar-refractivity contribution in [2.75, 3.05) is 0 Å². The molecule has 0 aliphatic carbocycles. The van der Waals surface area contributed by atoms with Gasteiger partial charge in [0.15, 0.2) is 10.8 Å². The smallest absolute Gasteiger partial charge is 0.338 e. The van der Waals surface area contributed by atoms with Crippen molar-refractivity contribution in [3.63, 3.8) is 0 Å². The van der Waals surface area contributed by atoms with Crippen molar-refractivity contribution in [1.29, 1.82) is 0 Å². The summed E-state index contributed by atoms with van der Waals surface area (Å²) in [5.41, 5.74) is 0.102. The second-order valence-electron chi connectivity index (χ2n) is 5.06. The van der Waals surface area contributed by atoms with Gasteiger partial charge in [-0.3, -0.25) is 4.40 Å². The lowest BCUT2D eigenvalue weighted by Crippen LogP contribution is -2.07. The predicted octanol–water partition coefficient (Wildman–Crippen LogP) is 4.81. The molecule has 12 heteroatoms. The molecule has 4 aromatic rings. The maximum atomic E-state index is 13.0. The third-order valence-electron chi connectivity index (χ3n) is 3.33. The quantitative estimate of drug-likeness (QED) is 0.444. The first kappa shape index (κ1) is 17.3. The third-order valence-corrected chi connectivity index (χ3v) is 5.22. The summed E-state index contributed by atoms with van der Waals surface area (Å²) in [5.74, 6) is 1.01. The number of pyridine rings is 1. The van der Waals surface area contributed by atoms with Crippen LogP contribution in [0.5, 0.6) is 0 Å². The van der Waals surface area contributed by atoms with Crippen LogP contribution in [-0.4, -0.2) is 24.7 Å². The van der Waals surface area contributed by atoms with Crippen molar-refractivity contribution in [1.82, 2.24) is 24.7 Å². The fourth-order valence-corrected chi connectivity index (χ4v) is 3.76. The maximum absolute atomic E-state index is 13.0. The van der Waals surface area contributed by atoms with Gasteiger partial charge in [-0.2, -0.15) is 29.5 Å². The average Bonchev–Trinajstić information content (AvgIpc) is 3.32. The molecule has 0 spiro atoms. The molecule has 4 aromatic heterocycles. The molecule has 0 saturated heterocycles. The van der Waals surface area contributed by atoms with E-state index in [1.54, 1.807) is 0 Å². The molecular formula is C14H7ClF3N5OS2. The molecule has 26 heavy (non-hydrogen) atoms. The summed E-state index contributed by atoms with van der Waals surface area (Å²) >= 11 is 8.51. The number of halogens is 4. The van der Waals surface area contributed by atoms with Crippen molar-refractivity contribution < 1.29 is 17.7 Å². The Kier molecular flexibility index (Phi) is 4.37. The van der Waals surface area contributed by atoms with Crippen molar-refractivity contribution in [3.8, 4) is 11.4 Å². The van der Waals surface area contributed by atoms with E-state index in [-0.39, 0.29) is 21.6 Å². The highest BCUT2D eigenvalue weighted by Gasteiger charge is 2.32. The van der Waals surface area contributed by atoms with E-state index >= 15 is 0 Å². The molecule has 0 unspecified atom stereocenters. The first-order chi connectivity index (χ1) is 12.4. The number of fused-ring (bicyclic) bond motifs is 1. The van der Waals surface area contributed by atoms with E-state index < -0.39 is 11.7 Å². The zero-order chi connectivity index (χ0) is 18.3. The minimum Gasteiger partial charge on any atom is -0.338 e. The summed E-state index contributed by atoms with van der Waals surface area (Å²) in [5, 5.41) is 15.5. The van der Waals surface area contributed by atoms with Crippen molar-refractivity contribution in [3.05, 3.63) is 45.6 Å². The molecule has 6 nitrogen and oxygen atoms in total. The molecule has 0 atom stereocenters. The van der Waals surface area contributed by atoms with Crippen LogP contribution in [0.15, 0.2) is 38.8 Å². The van der Waals surface area contributed by atoms with E-state index in [9.17, 15) is 13.2 Å². The second-order valence-corrected chi connectivity index (χ2v) is 7.19. The van der Waals surface area contributed by atoms with Gasteiger partial charge in [-0.1, -0.05) is 28.5 Å². The highest BCUT2D eigenvalue weighted by atomic mass is 35.5. The van der Waals surface area contributed by atoms with Crippen molar-refractivity contribution in [2.45, 2.75) is 17.1 Å². The van der Waals surface area contributed by atoms with Crippen LogP contribution >= 0.6 is 34.7 Å². The van der Waals surface area contributed by atoms with Gasteiger partial charge in [-0.15, -0.1) is 10.2 Å². The largest absolute Gasteiger partial charge is 0.417 e. The Labute approximate surface area is 157 Å². The van der Waals surface area contributed by atoms with Gasteiger partial charge in [0.2, 0.25) is 11.7 Å². The van der Waals surface area contributed by atoms with Gasteiger partial charge in [0.1, 0.15) is 0 Å². The number of rotatable bonds is 4. The molecule has 0 bridgehead atoms. The van der Waals surface area contributed by atoms with Gasteiger partial charge >= 0.3 is 6.18 Å². The molecule has 0 fully saturated rings. The van der Waals surface area contributed by atoms with Gasteiger partial charge in [-0.25, -0.2) is 0 Å². The van der Waals surface area contributed by atoms with Gasteiger partial charge in [0, 0.05) is 17.1 Å². The molecule has 0 aromatic carbocycles. The Hall–Kier alpha value is -2.11. The van der Waals surface area contributed by atoms with Gasteiger partial charge in [0.05, 0.1) is 16.3 Å². The summed E-state index contributed by atoms with van der Waals surface area (Å²) in [6, 6.07) is 2.68. The number of hydrogen-bond acceptors (Lipinski definition) is 7. The fourth-order valence-electron chi connectivity index (χ4n) is 2.14. The van der Waals surface area contributed by atoms with Crippen molar-refractivity contribution in [2.24, 2.45) is 0 Å². The number of thiophene rings is 1. The van der Waals surface area contributed by atoms with Gasteiger partial charge in [-0.05, 0) is 17.5 Å². The van der Waals surface area contributed by atoms with E-state index in [2.05, 4.69) is 20.3 Å². The molecule has 134 valence electrons. The lowest BCUT2D eigenvalue weighted by molar-refractivity contribution is -0.137. The number of aromatic nitrogens is 5. The van der Waals surface area contributed by atoms with E-state index in [1.807, 2.05) is 16.8 Å². The van der Waals surface area contributed by atoms with Crippen molar-refractivity contribution >= 4 is 40.3 Å². The summed E-state index contributed by atoms with van der Waals surface area (Å²) in [4.78, 5) is 4.25. The first-order valence-electron chi connectivity index (χ1n) is 7.01. The molecule has 0 saturated carbocycles. The SMILES string of the molecule is FC(F)(F)c1cc(Cl)c2nnc(SCc3nc(-c4ccsc4)no3)n2c1. The average molecular weight is 418 g/mol. The topological polar surface area (TPSA) is 69.1 Å².